The van der Waals surface area contributed by atoms with Crippen LogP contribution in [0.5, 0.6) is 5.75 Å². The Morgan fingerprint density at radius 1 is 1.26 bits per heavy atom. The van der Waals surface area contributed by atoms with Crippen LogP contribution >= 0.6 is 7.82 Å². The van der Waals surface area contributed by atoms with E-state index < -0.39 is 49.1 Å². The van der Waals surface area contributed by atoms with Gasteiger partial charge in [-0.2, -0.15) is 4.39 Å². The number of aromatic amines is 1. The molecule has 9 nitrogen and oxygen atoms in total. The zero-order chi connectivity index (χ0) is 19.2. The van der Waals surface area contributed by atoms with E-state index in [-0.39, 0.29) is 18.8 Å². The van der Waals surface area contributed by atoms with Crippen molar-refractivity contribution in [1.82, 2.24) is 9.55 Å². The highest BCUT2D eigenvalue weighted by atomic mass is 31.2. The SMILES string of the molecule is O=c1[nH]c(=O)n([C@H]2C[C@@H]3OP(=O)(Oc4cccc(F)c4)OC[C@H]3O2)cc1F. The Bertz CT molecular complexity index is 1040. The Balaban J connectivity index is 1.51. The average molecular weight is 402 g/mol. The van der Waals surface area contributed by atoms with Gasteiger partial charge >= 0.3 is 13.5 Å². The molecule has 2 saturated heterocycles. The van der Waals surface area contributed by atoms with Crippen LogP contribution < -0.4 is 15.8 Å². The van der Waals surface area contributed by atoms with Crippen molar-refractivity contribution in [3.8, 4) is 5.75 Å². The summed E-state index contributed by atoms with van der Waals surface area (Å²) in [4.78, 5) is 24.8. The molecule has 0 radical (unpaired) electrons. The van der Waals surface area contributed by atoms with Crippen molar-refractivity contribution in [2.45, 2.75) is 24.9 Å². The molecule has 27 heavy (non-hydrogen) atoms. The summed E-state index contributed by atoms with van der Waals surface area (Å²) in [5.41, 5.74) is -2.00. The standard InChI is InChI=1S/C15H13F2N2O7P/c16-8-2-1-3-9(4-8)25-27(22)23-7-12-11(26-27)5-13(24-12)19-6-10(17)14(20)18-15(19)21/h1-4,6,11-13H,5,7H2,(H,18,20,21)/t11-,12+,13+,27?/m0/s1. The summed E-state index contributed by atoms with van der Waals surface area (Å²) in [7, 11) is -4.04. The smallest absolute Gasteiger partial charge is 0.404 e. The zero-order valence-electron chi connectivity index (χ0n) is 13.5. The lowest BCUT2D eigenvalue weighted by atomic mass is 10.2. The average Bonchev–Trinajstić information content (AvgIpc) is 3.00. The zero-order valence-corrected chi connectivity index (χ0v) is 14.4. The van der Waals surface area contributed by atoms with Gasteiger partial charge < -0.3 is 9.26 Å². The van der Waals surface area contributed by atoms with E-state index in [9.17, 15) is 22.9 Å². The van der Waals surface area contributed by atoms with Crippen LogP contribution in [0.15, 0.2) is 40.1 Å². The number of ether oxygens (including phenoxy) is 1. The molecule has 4 atom stereocenters. The number of hydrogen-bond acceptors (Lipinski definition) is 7. The fourth-order valence-corrected chi connectivity index (χ4v) is 4.28. The van der Waals surface area contributed by atoms with Gasteiger partial charge in [0.25, 0.3) is 5.56 Å². The maximum absolute atomic E-state index is 13.5. The second kappa shape index (κ2) is 6.68. The molecule has 0 bridgehead atoms. The van der Waals surface area contributed by atoms with E-state index in [2.05, 4.69) is 0 Å². The number of halogens is 2. The van der Waals surface area contributed by atoms with Gasteiger partial charge in [-0.1, -0.05) is 6.07 Å². The molecule has 0 saturated carbocycles. The highest BCUT2D eigenvalue weighted by Crippen LogP contribution is 2.56. The minimum absolute atomic E-state index is 0.0360. The Morgan fingerprint density at radius 3 is 2.85 bits per heavy atom. The Hall–Kier alpha value is -2.33. The number of fused-ring (bicyclic) bond motifs is 1. The number of phosphoric acid groups is 1. The maximum atomic E-state index is 13.5. The molecule has 1 aromatic heterocycles. The molecule has 0 spiro atoms. The molecule has 0 aliphatic carbocycles. The van der Waals surface area contributed by atoms with Crippen LogP contribution in [0, 0.1) is 11.6 Å². The summed E-state index contributed by atoms with van der Waals surface area (Å²) in [5, 5.41) is 0. The van der Waals surface area contributed by atoms with Crippen molar-refractivity contribution >= 4 is 7.82 Å². The molecule has 2 aliphatic heterocycles. The first-order valence-corrected chi connectivity index (χ1v) is 9.34. The summed E-state index contributed by atoms with van der Waals surface area (Å²) >= 11 is 0. The minimum atomic E-state index is -4.04. The molecule has 12 heteroatoms. The number of benzene rings is 1. The second-order valence-electron chi connectivity index (χ2n) is 5.94. The largest absolute Gasteiger partial charge is 0.530 e. The van der Waals surface area contributed by atoms with Crippen LogP contribution in [-0.4, -0.2) is 28.4 Å². The van der Waals surface area contributed by atoms with Crippen LogP contribution in [0.2, 0.25) is 0 Å². The quantitative estimate of drug-likeness (QED) is 0.779. The third-order valence-corrected chi connectivity index (χ3v) is 5.52. The summed E-state index contributed by atoms with van der Waals surface area (Å²) in [5.74, 6) is -1.77. The van der Waals surface area contributed by atoms with Gasteiger partial charge in [0.15, 0.2) is 0 Å². The molecular formula is C15H13F2N2O7P. The van der Waals surface area contributed by atoms with E-state index in [0.29, 0.717) is 0 Å². The molecule has 0 amide bonds. The van der Waals surface area contributed by atoms with Crippen molar-refractivity contribution in [3.05, 3.63) is 62.9 Å². The van der Waals surface area contributed by atoms with Crippen molar-refractivity contribution in [2.24, 2.45) is 0 Å². The van der Waals surface area contributed by atoms with E-state index in [1.807, 2.05) is 4.98 Å². The Morgan fingerprint density at radius 2 is 2.07 bits per heavy atom. The number of hydrogen-bond donors (Lipinski definition) is 1. The summed E-state index contributed by atoms with van der Waals surface area (Å²) in [6, 6.07) is 4.97. The lowest BCUT2D eigenvalue weighted by Crippen LogP contribution is -2.34. The van der Waals surface area contributed by atoms with Crippen LogP contribution in [0.3, 0.4) is 0 Å². The van der Waals surface area contributed by atoms with Gasteiger partial charge in [-0.05, 0) is 12.1 Å². The molecule has 2 fully saturated rings. The monoisotopic (exact) mass is 402 g/mol. The molecule has 144 valence electrons. The number of aromatic nitrogens is 2. The predicted molar refractivity (Wildman–Crippen MR) is 85.3 cm³/mol. The molecule has 2 aliphatic rings. The topological polar surface area (TPSA) is 109 Å². The molecular weight excluding hydrogens is 389 g/mol. The maximum Gasteiger partial charge on any atom is 0.530 e. The van der Waals surface area contributed by atoms with Crippen molar-refractivity contribution in [1.29, 1.82) is 0 Å². The van der Waals surface area contributed by atoms with E-state index in [4.69, 9.17) is 18.3 Å². The van der Waals surface area contributed by atoms with E-state index >= 15 is 0 Å². The molecule has 1 aromatic carbocycles. The van der Waals surface area contributed by atoms with Crippen LogP contribution in [0.25, 0.3) is 0 Å². The Kier molecular flexibility index (Phi) is 4.47. The second-order valence-corrected chi connectivity index (χ2v) is 7.49. The normalized spacial score (nSPS) is 30.1. The molecule has 3 heterocycles. The molecule has 1 N–H and O–H groups in total. The number of phosphoric ester groups is 1. The Labute approximate surface area is 150 Å². The minimum Gasteiger partial charge on any atom is -0.404 e. The third kappa shape index (κ3) is 3.59. The molecule has 2 aromatic rings. The fourth-order valence-electron chi connectivity index (χ4n) is 2.87. The molecule has 1 unspecified atom stereocenters. The molecule has 4 rings (SSSR count). The van der Waals surface area contributed by atoms with Crippen LogP contribution in [-0.2, 0) is 18.3 Å². The first kappa shape index (κ1) is 18.1. The highest BCUT2D eigenvalue weighted by Gasteiger charge is 2.48. The number of rotatable bonds is 3. The fraction of sp³-hybridized carbons (Fsp3) is 0.333. The first-order chi connectivity index (χ1) is 12.8. The summed E-state index contributed by atoms with van der Waals surface area (Å²) in [6.45, 7) is -0.172. The van der Waals surface area contributed by atoms with Gasteiger partial charge in [-0.3, -0.25) is 23.4 Å². The lowest BCUT2D eigenvalue weighted by Gasteiger charge is -2.29. The van der Waals surface area contributed by atoms with Crippen molar-refractivity contribution in [3.63, 3.8) is 0 Å². The van der Waals surface area contributed by atoms with Gasteiger partial charge in [0, 0.05) is 12.5 Å². The van der Waals surface area contributed by atoms with Gasteiger partial charge in [-0.25, -0.2) is 13.8 Å². The van der Waals surface area contributed by atoms with E-state index in [1.165, 1.54) is 18.2 Å². The van der Waals surface area contributed by atoms with Crippen LogP contribution in [0.4, 0.5) is 8.78 Å². The van der Waals surface area contributed by atoms with Crippen molar-refractivity contribution < 1.29 is 31.7 Å². The number of nitrogens with one attached hydrogen (secondary N) is 1. The highest BCUT2D eigenvalue weighted by molar-refractivity contribution is 7.49. The van der Waals surface area contributed by atoms with Gasteiger partial charge in [0.1, 0.15) is 30.0 Å². The third-order valence-electron chi connectivity index (χ3n) is 4.09. The summed E-state index contributed by atoms with van der Waals surface area (Å²) in [6.07, 6.45) is -1.65. The van der Waals surface area contributed by atoms with Gasteiger partial charge in [0.2, 0.25) is 5.82 Å². The summed E-state index contributed by atoms with van der Waals surface area (Å²) < 4.78 is 61.5. The number of H-pyrrole nitrogens is 1. The van der Waals surface area contributed by atoms with Crippen molar-refractivity contribution in [2.75, 3.05) is 6.61 Å². The predicted octanol–water partition coefficient (Wildman–Crippen LogP) is 1.70. The van der Waals surface area contributed by atoms with Crippen LogP contribution in [0.1, 0.15) is 12.6 Å². The lowest BCUT2D eigenvalue weighted by molar-refractivity contribution is -0.0668. The van der Waals surface area contributed by atoms with Gasteiger partial charge in [0.05, 0.1) is 12.8 Å². The van der Waals surface area contributed by atoms with Gasteiger partial charge in [-0.15, -0.1) is 0 Å². The van der Waals surface area contributed by atoms with E-state index in [0.717, 1.165) is 16.8 Å². The van der Waals surface area contributed by atoms with E-state index in [1.54, 1.807) is 0 Å². The first-order valence-electron chi connectivity index (χ1n) is 7.87. The number of nitrogens with zero attached hydrogens (tertiary/aromatic N) is 1.